The summed E-state index contributed by atoms with van der Waals surface area (Å²) in [6.07, 6.45) is 12.3. The Morgan fingerprint density at radius 1 is 0.478 bits per heavy atom. The van der Waals surface area contributed by atoms with E-state index in [0.717, 1.165) is 5.92 Å². The Balaban J connectivity index is 0.00000145. The van der Waals surface area contributed by atoms with Crippen LogP contribution >= 0.6 is 0 Å². The van der Waals surface area contributed by atoms with E-state index >= 15 is 0 Å². The standard InChI is InChI=1S/C63H56N2.2C2H4/c1-3-5-20-44-21-6-7-22-47(43-44)63(58-30-11-9-24-52(58)46-37-41-49(42-38-46)65-61-33-18-14-28-56(61)57-29-15-19-34-62(57)65)50(4-2)53-25-10-8-23-51(53)45-35-39-48(40-36-45)64-59-31-16-12-26-54(59)55-27-13-17-32-60(55)64;2*1-2/h4,8-19,23-42,44,47H,2-3,5-7,20-22,43H2,1H3;2*1-2H2/b63-50-;;/t44-,47?;;/m0../s1. The fourth-order valence-electron chi connectivity index (χ4n) is 11.3. The van der Waals surface area contributed by atoms with Gasteiger partial charge >= 0.3 is 0 Å². The number of unbranched alkanes of at least 4 members (excludes halogenated alkanes) is 1. The Kier molecular flexibility index (Phi) is 14.5. The molecule has 69 heavy (non-hydrogen) atoms. The van der Waals surface area contributed by atoms with Crippen molar-refractivity contribution < 1.29 is 0 Å². The van der Waals surface area contributed by atoms with Crippen LogP contribution in [0, 0.1) is 11.8 Å². The summed E-state index contributed by atoms with van der Waals surface area (Å²) in [5.74, 6) is 1.14. The molecule has 2 heterocycles. The number of para-hydroxylation sites is 4. The van der Waals surface area contributed by atoms with Gasteiger partial charge in [0, 0.05) is 32.9 Å². The second-order valence-electron chi connectivity index (χ2n) is 18.2. The largest absolute Gasteiger partial charge is 0.309 e. The molecular weight excluding hydrogens is 833 g/mol. The van der Waals surface area contributed by atoms with Crippen LogP contribution in [0.25, 0.3) is 88.4 Å². The first-order valence-electron chi connectivity index (χ1n) is 24.9. The van der Waals surface area contributed by atoms with Gasteiger partial charge in [0.05, 0.1) is 22.1 Å². The van der Waals surface area contributed by atoms with Gasteiger partial charge in [-0.1, -0.05) is 204 Å². The first-order chi connectivity index (χ1) is 34.2. The zero-order chi connectivity index (χ0) is 47.7. The molecule has 0 amide bonds. The highest BCUT2D eigenvalue weighted by Crippen LogP contribution is 2.47. The van der Waals surface area contributed by atoms with Gasteiger partial charge in [0.25, 0.3) is 0 Å². The first-order valence-corrected chi connectivity index (χ1v) is 24.9. The van der Waals surface area contributed by atoms with Crippen LogP contribution < -0.4 is 0 Å². The summed E-state index contributed by atoms with van der Waals surface area (Å²) in [5, 5.41) is 5.12. The van der Waals surface area contributed by atoms with E-state index in [1.165, 1.54) is 151 Å². The van der Waals surface area contributed by atoms with Gasteiger partial charge in [-0.15, -0.1) is 26.3 Å². The molecule has 1 aliphatic rings. The third-order valence-electron chi connectivity index (χ3n) is 14.4. The molecule has 2 heteroatoms. The molecule has 2 nitrogen and oxygen atoms in total. The SMILES string of the molecule is C=C.C=C.C=C/C(=C(/c1ccccc1-c1ccc(-n2c3ccccc3c3ccccc32)cc1)C1CCCC[C@H](CCCC)C1)c1ccccc1-c1ccc(-n2c3ccccc3c3ccccc32)cc1. The number of benzene rings is 8. The van der Waals surface area contributed by atoms with E-state index < -0.39 is 0 Å². The Bertz CT molecular complexity index is 3280. The van der Waals surface area contributed by atoms with Crippen molar-refractivity contribution in [1.82, 2.24) is 9.13 Å². The number of hydrogen-bond acceptors (Lipinski definition) is 0. The number of hydrogen-bond donors (Lipinski definition) is 0. The average molecular weight is 897 g/mol. The summed E-state index contributed by atoms with van der Waals surface area (Å²) >= 11 is 0. The predicted octanol–water partition coefficient (Wildman–Crippen LogP) is 19.3. The van der Waals surface area contributed by atoms with Crippen molar-refractivity contribution in [2.24, 2.45) is 11.8 Å². The van der Waals surface area contributed by atoms with Gasteiger partial charge in [0.2, 0.25) is 0 Å². The Labute approximate surface area is 409 Å². The fraction of sp³-hybridized carbons (Fsp3) is 0.164. The summed E-state index contributed by atoms with van der Waals surface area (Å²) in [5.41, 5.74) is 17.5. The molecule has 342 valence electrons. The minimum absolute atomic E-state index is 0.413. The van der Waals surface area contributed by atoms with Crippen molar-refractivity contribution in [3.05, 3.63) is 244 Å². The van der Waals surface area contributed by atoms with Gasteiger partial charge in [0.15, 0.2) is 0 Å². The molecule has 0 saturated heterocycles. The van der Waals surface area contributed by atoms with E-state index in [-0.39, 0.29) is 0 Å². The van der Waals surface area contributed by atoms with E-state index in [1.54, 1.807) is 0 Å². The summed E-state index contributed by atoms with van der Waals surface area (Å²) < 4.78 is 4.82. The van der Waals surface area contributed by atoms with Crippen molar-refractivity contribution in [2.45, 2.75) is 58.3 Å². The Morgan fingerprint density at radius 3 is 1.32 bits per heavy atom. The number of nitrogens with zero attached hydrogens (tertiary/aromatic N) is 2. The number of allylic oxidation sites excluding steroid dienone is 3. The van der Waals surface area contributed by atoms with Gasteiger partial charge < -0.3 is 9.13 Å². The molecule has 0 N–H and O–H groups in total. The van der Waals surface area contributed by atoms with E-state index in [0.29, 0.717) is 5.92 Å². The third-order valence-corrected chi connectivity index (χ3v) is 14.4. The van der Waals surface area contributed by atoms with E-state index in [9.17, 15) is 0 Å². The molecule has 0 aliphatic heterocycles. The van der Waals surface area contributed by atoms with Crippen molar-refractivity contribution >= 4 is 54.8 Å². The lowest BCUT2D eigenvalue weighted by atomic mass is 9.76. The molecule has 10 aromatic rings. The van der Waals surface area contributed by atoms with Crippen molar-refractivity contribution in [3.63, 3.8) is 0 Å². The number of rotatable bonds is 11. The molecule has 0 radical (unpaired) electrons. The molecule has 2 atom stereocenters. The minimum atomic E-state index is 0.413. The maximum atomic E-state index is 4.64. The molecule has 8 aromatic carbocycles. The maximum absolute atomic E-state index is 4.64. The Morgan fingerprint density at radius 2 is 0.870 bits per heavy atom. The Hall–Kier alpha value is -7.68. The third kappa shape index (κ3) is 8.96. The van der Waals surface area contributed by atoms with Crippen molar-refractivity contribution in [1.29, 1.82) is 0 Å². The molecule has 1 saturated carbocycles. The zero-order valence-electron chi connectivity index (χ0n) is 40.3. The zero-order valence-corrected chi connectivity index (χ0v) is 40.3. The topological polar surface area (TPSA) is 9.86 Å². The van der Waals surface area contributed by atoms with Gasteiger partial charge in [-0.25, -0.2) is 0 Å². The first kappa shape index (κ1) is 46.4. The highest BCUT2D eigenvalue weighted by atomic mass is 15.0. The number of aromatic nitrogens is 2. The van der Waals surface area contributed by atoms with Gasteiger partial charge in [-0.05, 0) is 118 Å². The predicted molar refractivity (Wildman–Crippen MR) is 302 cm³/mol. The average Bonchev–Trinajstić information content (AvgIpc) is 3.83. The molecule has 1 unspecified atom stereocenters. The van der Waals surface area contributed by atoms with Crippen LogP contribution in [0.1, 0.15) is 69.4 Å². The van der Waals surface area contributed by atoms with Crippen LogP contribution in [-0.2, 0) is 0 Å². The monoisotopic (exact) mass is 897 g/mol. The van der Waals surface area contributed by atoms with Crippen molar-refractivity contribution in [2.75, 3.05) is 0 Å². The van der Waals surface area contributed by atoms with Crippen LogP contribution in [0.2, 0.25) is 0 Å². The van der Waals surface area contributed by atoms with Crippen LogP contribution in [0.5, 0.6) is 0 Å². The molecule has 0 spiro atoms. The summed E-state index contributed by atoms with van der Waals surface area (Å²) in [6, 6.07) is 71.8. The van der Waals surface area contributed by atoms with Crippen LogP contribution in [0.4, 0.5) is 0 Å². The lowest BCUT2D eigenvalue weighted by Gasteiger charge is -2.28. The molecule has 11 rings (SSSR count). The van der Waals surface area contributed by atoms with Crippen LogP contribution in [-0.4, -0.2) is 9.13 Å². The second-order valence-corrected chi connectivity index (χ2v) is 18.2. The highest BCUT2D eigenvalue weighted by Gasteiger charge is 2.28. The lowest BCUT2D eigenvalue weighted by Crippen LogP contribution is -2.11. The van der Waals surface area contributed by atoms with Crippen LogP contribution in [0.3, 0.4) is 0 Å². The normalized spacial score (nSPS) is 15.1. The lowest BCUT2D eigenvalue weighted by molar-refractivity contribution is 0.388. The molecule has 2 aromatic heterocycles. The van der Waals surface area contributed by atoms with Crippen molar-refractivity contribution in [3.8, 4) is 33.6 Å². The van der Waals surface area contributed by atoms with Gasteiger partial charge in [-0.2, -0.15) is 0 Å². The summed E-state index contributed by atoms with van der Waals surface area (Å²) in [7, 11) is 0. The minimum Gasteiger partial charge on any atom is -0.309 e. The number of fused-ring (bicyclic) bond motifs is 6. The van der Waals surface area contributed by atoms with Gasteiger partial charge in [0.1, 0.15) is 0 Å². The van der Waals surface area contributed by atoms with E-state index in [1.807, 2.05) is 0 Å². The summed E-state index contributed by atoms with van der Waals surface area (Å²) in [6.45, 7) is 19.0. The van der Waals surface area contributed by atoms with E-state index in [4.69, 9.17) is 0 Å². The van der Waals surface area contributed by atoms with Crippen LogP contribution in [0.15, 0.2) is 233 Å². The quantitative estimate of drug-likeness (QED) is 0.0530. The second kappa shape index (κ2) is 21.5. The highest BCUT2D eigenvalue weighted by molar-refractivity contribution is 6.10. The molecule has 0 bridgehead atoms. The summed E-state index contributed by atoms with van der Waals surface area (Å²) in [4.78, 5) is 0. The molecular formula is C67H64N2. The smallest absolute Gasteiger partial charge is 0.0541 e. The fourth-order valence-corrected chi connectivity index (χ4v) is 11.3. The molecule has 1 aliphatic carbocycles. The molecule has 1 fully saturated rings. The van der Waals surface area contributed by atoms with Gasteiger partial charge in [-0.3, -0.25) is 0 Å². The maximum Gasteiger partial charge on any atom is 0.0541 e. The van der Waals surface area contributed by atoms with E-state index in [2.05, 4.69) is 249 Å².